The lowest BCUT2D eigenvalue weighted by atomic mass is 10.0. The van der Waals surface area contributed by atoms with E-state index < -0.39 is 0 Å². The van der Waals surface area contributed by atoms with Gasteiger partial charge in [-0.15, -0.1) is 0 Å². The molecule has 0 aliphatic heterocycles. The first-order valence-corrected chi connectivity index (χ1v) is 11.3. The van der Waals surface area contributed by atoms with Gasteiger partial charge in [-0.2, -0.15) is 0 Å². The first-order valence-electron chi connectivity index (χ1n) is 11.3. The van der Waals surface area contributed by atoms with Gasteiger partial charge in [0.15, 0.2) is 0 Å². The largest absolute Gasteiger partial charge is 0.508 e. The fourth-order valence-corrected chi connectivity index (χ4v) is 4.09. The van der Waals surface area contributed by atoms with Crippen molar-refractivity contribution >= 4 is 17.1 Å². The van der Waals surface area contributed by atoms with E-state index in [0.717, 1.165) is 45.1 Å². The van der Waals surface area contributed by atoms with Gasteiger partial charge in [0, 0.05) is 17.1 Å². The number of methoxy groups -OCH3 is 1. The SMILES string of the molecule is COc1ccc(N(c2ccc(-c3ccc(O)cc3)cc2)c2ccc(-c3ccc(O)cc3)cc2)cc1. The predicted octanol–water partition coefficient (Wildman–Crippen LogP) is 7.91. The van der Waals surface area contributed by atoms with E-state index in [1.807, 2.05) is 48.5 Å². The molecule has 0 saturated carbocycles. The molecule has 2 N–H and O–H groups in total. The highest BCUT2D eigenvalue weighted by molar-refractivity contribution is 5.80. The number of benzene rings is 5. The molecule has 0 unspecified atom stereocenters. The van der Waals surface area contributed by atoms with E-state index in [0.29, 0.717) is 0 Å². The number of hydrogen-bond donors (Lipinski definition) is 2. The molecular formula is C31H25NO3. The highest BCUT2D eigenvalue weighted by Crippen LogP contribution is 2.37. The van der Waals surface area contributed by atoms with Crippen LogP contribution >= 0.6 is 0 Å². The summed E-state index contributed by atoms with van der Waals surface area (Å²) >= 11 is 0. The smallest absolute Gasteiger partial charge is 0.119 e. The molecule has 0 radical (unpaired) electrons. The quantitative estimate of drug-likeness (QED) is 0.271. The molecule has 0 aliphatic carbocycles. The summed E-state index contributed by atoms with van der Waals surface area (Å²) in [6.45, 7) is 0. The van der Waals surface area contributed by atoms with Gasteiger partial charge in [-0.3, -0.25) is 0 Å². The van der Waals surface area contributed by atoms with E-state index >= 15 is 0 Å². The minimum absolute atomic E-state index is 0.256. The normalized spacial score (nSPS) is 10.7. The molecule has 4 nitrogen and oxygen atoms in total. The predicted molar refractivity (Wildman–Crippen MR) is 142 cm³/mol. The summed E-state index contributed by atoms with van der Waals surface area (Å²) in [6, 6.07) is 39.2. The molecular weight excluding hydrogens is 434 g/mol. The first kappa shape index (κ1) is 22.1. The van der Waals surface area contributed by atoms with Crippen LogP contribution in [-0.4, -0.2) is 17.3 Å². The van der Waals surface area contributed by atoms with E-state index in [1.54, 1.807) is 31.4 Å². The second-order valence-corrected chi connectivity index (χ2v) is 8.22. The molecule has 35 heavy (non-hydrogen) atoms. The third kappa shape index (κ3) is 4.82. The Balaban J connectivity index is 1.52. The van der Waals surface area contributed by atoms with Crippen LogP contribution in [0.2, 0.25) is 0 Å². The number of aromatic hydroxyl groups is 2. The third-order valence-corrected chi connectivity index (χ3v) is 5.98. The molecule has 0 atom stereocenters. The minimum Gasteiger partial charge on any atom is -0.508 e. The van der Waals surface area contributed by atoms with Crippen molar-refractivity contribution < 1.29 is 14.9 Å². The summed E-state index contributed by atoms with van der Waals surface area (Å²) in [5.74, 6) is 1.32. The number of rotatable bonds is 6. The maximum absolute atomic E-state index is 9.59. The van der Waals surface area contributed by atoms with Crippen molar-refractivity contribution in [1.82, 2.24) is 0 Å². The topological polar surface area (TPSA) is 52.9 Å². The summed E-state index contributed by atoms with van der Waals surface area (Å²) in [7, 11) is 1.66. The van der Waals surface area contributed by atoms with Crippen molar-refractivity contribution in [3.05, 3.63) is 121 Å². The Labute approximate surface area is 204 Å². The first-order chi connectivity index (χ1) is 17.1. The Hall–Kier alpha value is -4.70. The fourth-order valence-electron chi connectivity index (χ4n) is 4.09. The lowest BCUT2D eigenvalue weighted by Crippen LogP contribution is -2.09. The molecule has 5 aromatic carbocycles. The van der Waals surface area contributed by atoms with Crippen molar-refractivity contribution in [3.63, 3.8) is 0 Å². The van der Waals surface area contributed by atoms with Crippen LogP contribution in [0.5, 0.6) is 17.2 Å². The van der Waals surface area contributed by atoms with Crippen molar-refractivity contribution in [2.24, 2.45) is 0 Å². The average Bonchev–Trinajstić information content (AvgIpc) is 2.91. The average molecular weight is 460 g/mol. The molecule has 5 rings (SSSR count). The molecule has 5 aromatic rings. The molecule has 0 bridgehead atoms. The maximum atomic E-state index is 9.59. The number of anilines is 3. The van der Waals surface area contributed by atoms with Crippen LogP contribution in [0, 0.1) is 0 Å². The van der Waals surface area contributed by atoms with Gasteiger partial charge in [-0.25, -0.2) is 0 Å². The molecule has 172 valence electrons. The van der Waals surface area contributed by atoms with E-state index in [1.165, 1.54) is 0 Å². The van der Waals surface area contributed by atoms with Gasteiger partial charge < -0.3 is 19.8 Å². The Morgan fingerprint density at radius 1 is 0.429 bits per heavy atom. The van der Waals surface area contributed by atoms with Crippen molar-refractivity contribution in [3.8, 4) is 39.5 Å². The highest BCUT2D eigenvalue weighted by Gasteiger charge is 2.13. The second-order valence-electron chi connectivity index (χ2n) is 8.22. The Morgan fingerprint density at radius 2 is 0.714 bits per heavy atom. The van der Waals surface area contributed by atoms with Gasteiger partial charge in [0.25, 0.3) is 0 Å². The lowest BCUT2D eigenvalue weighted by molar-refractivity contribution is 0.415. The number of hydrogen-bond acceptors (Lipinski definition) is 4. The van der Waals surface area contributed by atoms with E-state index in [-0.39, 0.29) is 11.5 Å². The zero-order chi connectivity index (χ0) is 24.2. The van der Waals surface area contributed by atoms with Crippen LogP contribution in [0.15, 0.2) is 121 Å². The van der Waals surface area contributed by atoms with Crippen LogP contribution < -0.4 is 9.64 Å². The van der Waals surface area contributed by atoms with E-state index in [9.17, 15) is 10.2 Å². The number of nitrogens with zero attached hydrogens (tertiary/aromatic N) is 1. The second kappa shape index (κ2) is 9.65. The minimum atomic E-state index is 0.256. The standard InChI is InChI=1S/C31H25NO3/c1-35-31-20-14-28(15-21-31)32(26-10-2-22(3-11-26)24-6-16-29(33)17-7-24)27-12-4-23(5-13-27)25-8-18-30(34)19-9-25/h2-21,33-34H,1H3. The van der Waals surface area contributed by atoms with Crippen LogP contribution in [-0.2, 0) is 0 Å². The Kier molecular flexibility index (Phi) is 6.10. The summed E-state index contributed by atoms with van der Waals surface area (Å²) in [5, 5.41) is 19.2. The van der Waals surface area contributed by atoms with Crippen LogP contribution in [0.1, 0.15) is 0 Å². The highest BCUT2D eigenvalue weighted by atomic mass is 16.5. The number of phenols is 2. The molecule has 0 spiro atoms. The fraction of sp³-hybridized carbons (Fsp3) is 0.0323. The molecule has 0 fully saturated rings. The monoisotopic (exact) mass is 459 g/mol. The van der Waals surface area contributed by atoms with Gasteiger partial charge in [0.05, 0.1) is 7.11 Å². The molecule has 4 heteroatoms. The summed E-state index contributed by atoms with van der Waals surface area (Å²) in [4.78, 5) is 2.20. The Morgan fingerprint density at radius 3 is 1.03 bits per heavy atom. The van der Waals surface area contributed by atoms with Crippen LogP contribution in [0.4, 0.5) is 17.1 Å². The molecule has 0 amide bonds. The molecule has 0 saturated heterocycles. The lowest BCUT2D eigenvalue weighted by Gasteiger charge is -2.26. The van der Waals surface area contributed by atoms with Gasteiger partial charge in [0.1, 0.15) is 17.2 Å². The maximum Gasteiger partial charge on any atom is 0.119 e. The van der Waals surface area contributed by atoms with Crippen molar-refractivity contribution in [1.29, 1.82) is 0 Å². The number of phenolic OH excluding ortho intramolecular Hbond substituents is 2. The van der Waals surface area contributed by atoms with E-state index in [2.05, 4.69) is 53.4 Å². The van der Waals surface area contributed by atoms with Gasteiger partial charge in [0.2, 0.25) is 0 Å². The molecule has 0 heterocycles. The van der Waals surface area contributed by atoms with E-state index in [4.69, 9.17) is 4.74 Å². The zero-order valence-electron chi connectivity index (χ0n) is 19.3. The summed E-state index contributed by atoms with van der Waals surface area (Å²) in [5.41, 5.74) is 7.30. The third-order valence-electron chi connectivity index (χ3n) is 5.98. The summed E-state index contributed by atoms with van der Waals surface area (Å²) in [6.07, 6.45) is 0. The molecule has 0 aliphatic rings. The van der Waals surface area contributed by atoms with Crippen molar-refractivity contribution in [2.75, 3.05) is 12.0 Å². The summed E-state index contributed by atoms with van der Waals surface area (Å²) < 4.78 is 5.35. The number of ether oxygens (including phenoxy) is 1. The van der Waals surface area contributed by atoms with Gasteiger partial charge >= 0.3 is 0 Å². The zero-order valence-corrected chi connectivity index (χ0v) is 19.3. The Bertz CT molecular complexity index is 1300. The van der Waals surface area contributed by atoms with Gasteiger partial charge in [-0.1, -0.05) is 48.5 Å². The van der Waals surface area contributed by atoms with Crippen molar-refractivity contribution in [2.45, 2.75) is 0 Å². The molecule has 0 aromatic heterocycles. The van der Waals surface area contributed by atoms with Crippen LogP contribution in [0.25, 0.3) is 22.3 Å². The van der Waals surface area contributed by atoms with Gasteiger partial charge in [-0.05, 0) is 95.1 Å². The van der Waals surface area contributed by atoms with Crippen LogP contribution in [0.3, 0.4) is 0 Å².